The van der Waals surface area contributed by atoms with Gasteiger partial charge in [0.25, 0.3) is 0 Å². The van der Waals surface area contributed by atoms with Crippen molar-refractivity contribution in [1.82, 2.24) is 14.6 Å². The van der Waals surface area contributed by atoms with Crippen LogP contribution < -0.4 is 11.1 Å². The average Bonchev–Trinajstić information content (AvgIpc) is 2.73. The predicted octanol–water partition coefficient (Wildman–Crippen LogP) is 1.84. The molecule has 0 atom stereocenters. The Morgan fingerprint density at radius 3 is 2.72 bits per heavy atom. The topological polar surface area (TPSA) is 68.2 Å². The number of nitrogens with zero attached hydrogens (tertiary/aromatic N) is 3. The van der Waals surface area contributed by atoms with Gasteiger partial charge in [-0.15, -0.1) is 0 Å². The van der Waals surface area contributed by atoms with Crippen molar-refractivity contribution in [3.63, 3.8) is 0 Å². The van der Waals surface area contributed by atoms with Crippen LogP contribution in [0.5, 0.6) is 0 Å². The van der Waals surface area contributed by atoms with Crippen molar-refractivity contribution in [2.75, 3.05) is 18.4 Å². The quantitative estimate of drug-likeness (QED) is 0.865. The Hall–Kier alpha value is -1.62. The second kappa shape index (κ2) is 4.94. The van der Waals surface area contributed by atoms with Gasteiger partial charge in [0.2, 0.25) is 0 Å². The zero-order valence-electron chi connectivity index (χ0n) is 11.5. The van der Waals surface area contributed by atoms with E-state index in [1.54, 1.807) is 0 Å². The smallest absolute Gasteiger partial charge is 0.157 e. The van der Waals surface area contributed by atoms with E-state index < -0.39 is 0 Å². The fourth-order valence-electron chi connectivity index (χ4n) is 1.90. The maximum Gasteiger partial charge on any atom is 0.157 e. The zero-order valence-corrected chi connectivity index (χ0v) is 11.5. The van der Waals surface area contributed by atoms with Crippen molar-refractivity contribution in [2.45, 2.75) is 33.6 Å². The van der Waals surface area contributed by atoms with E-state index in [9.17, 15) is 0 Å². The molecule has 0 saturated carbocycles. The van der Waals surface area contributed by atoms with Crippen LogP contribution in [0.4, 0.5) is 5.82 Å². The van der Waals surface area contributed by atoms with Gasteiger partial charge in [-0.25, -0.2) is 4.98 Å². The molecule has 0 aromatic carbocycles. The first kappa shape index (κ1) is 12.8. The summed E-state index contributed by atoms with van der Waals surface area (Å²) in [6, 6.07) is 2.05. The first-order valence-corrected chi connectivity index (χ1v) is 6.35. The van der Waals surface area contributed by atoms with Crippen LogP contribution in [0.25, 0.3) is 5.65 Å². The highest BCUT2D eigenvalue weighted by Crippen LogP contribution is 2.22. The summed E-state index contributed by atoms with van der Waals surface area (Å²) >= 11 is 0. The molecule has 0 aliphatic carbocycles. The number of nitrogens with one attached hydrogen (secondary N) is 1. The molecule has 18 heavy (non-hydrogen) atoms. The molecular formula is C13H21N5. The first-order chi connectivity index (χ1) is 8.54. The van der Waals surface area contributed by atoms with E-state index in [0.29, 0.717) is 12.5 Å². The van der Waals surface area contributed by atoms with Gasteiger partial charge in [0, 0.05) is 30.4 Å². The lowest BCUT2D eigenvalue weighted by atomic mass is 10.1. The Kier molecular flexibility index (Phi) is 3.52. The molecule has 2 aromatic rings. The minimum absolute atomic E-state index is 0.398. The maximum atomic E-state index is 5.55. The molecule has 5 nitrogen and oxygen atoms in total. The molecule has 2 rings (SSSR count). The van der Waals surface area contributed by atoms with Crippen molar-refractivity contribution in [1.29, 1.82) is 0 Å². The van der Waals surface area contributed by atoms with Crippen LogP contribution in [-0.4, -0.2) is 27.7 Å². The summed E-state index contributed by atoms with van der Waals surface area (Å²) in [6.07, 6.45) is 0. The maximum absolute atomic E-state index is 5.55. The van der Waals surface area contributed by atoms with Crippen LogP contribution in [0.1, 0.15) is 36.7 Å². The molecule has 5 heteroatoms. The van der Waals surface area contributed by atoms with Crippen LogP contribution in [0.15, 0.2) is 6.07 Å². The molecule has 0 saturated heterocycles. The SMILES string of the molecule is Cc1nc2cc(C(C)C)nn2c(NCCN)c1C. The van der Waals surface area contributed by atoms with Gasteiger partial charge < -0.3 is 11.1 Å². The lowest BCUT2D eigenvalue weighted by Crippen LogP contribution is -2.17. The van der Waals surface area contributed by atoms with Gasteiger partial charge in [-0.05, 0) is 19.8 Å². The third-order valence-electron chi connectivity index (χ3n) is 3.13. The summed E-state index contributed by atoms with van der Waals surface area (Å²) in [7, 11) is 0. The van der Waals surface area contributed by atoms with Gasteiger partial charge in [0.1, 0.15) is 5.82 Å². The predicted molar refractivity (Wildman–Crippen MR) is 74.1 cm³/mol. The number of hydrogen-bond acceptors (Lipinski definition) is 4. The zero-order chi connectivity index (χ0) is 13.3. The highest BCUT2D eigenvalue weighted by molar-refractivity contribution is 5.55. The summed E-state index contributed by atoms with van der Waals surface area (Å²) in [5.41, 5.74) is 9.65. The molecule has 0 aliphatic rings. The van der Waals surface area contributed by atoms with E-state index in [2.05, 4.69) is 36.2 Å². The normalized spacial score (nSPS) is 11.4. The van der Waals surface area contributed by atoms with Crippen molar-refractivity contribution in [3.8, 4) is 0 Å². The number of rotatable bonds is 4. The van der Waals surface area contributed by atoms with Gasteiger partial charge in [-0.3, -0.25) is 0 Å². The number of aryl methyl sites for hydroxylation is 1. The van der Waals surface area contributed by atoms with E-state index in [4.69, 9.17) is 5.73 Å². The standard InChI is InChI=1S/C13H21N5/c1-8(2)11-7-12-16-10(4)9(3)13(15-6-5-14)18(12)17-11/h7-8,15H,5-6,14H2,1-4H3. The summed E-state index contributed by atoms with van der Waals surface area (Å²) in [6.45, 7) is 9.67. The van der Waals surface area contributed by atoms with E-state index in [1.165, 1.54) is 0 Å². The molecule has 0 spiro atoms. The Balaban J connectivity index is 2.59. The summed E-state index contributed by atoms with van der Waals surface area (Å²) in [5, 5.41) is 7.95. The second-order valence-corrected chi connectivity index (χ2v) is 4.88. The molecule has 0 amide bonds. The van der Waals surface area contributed by atoms with Crippen molar-refractivity contribution >= 4 is 11.5 Å². The van der Waals surface area contributed by atoms with Crippen molar-refractivity contribution in [2.24, 2.45) is 5.73 Å². The van der Waals surface area contributed by atoms with Gasteiger partial charge in [-0.2, -0.15) is 9.61 Å². The third kappa shape index (κ3) is 2.18. The van der Waals surface area contributed by atoms with Crippen molar-refractivity contribution < 1.29 is 0 Å². The summed E-state index contributed by atoms with van der Waals surface area (Å²) in [4.78, 5) is 4.58. The minimum Gasteiger partial charge on any atom is -0.368 e. The monoisotopic (exact) mass is 247 g/mol. The highest BCUT2D eigenvalue weighted by Gasteiger charge is 2.13. The average molecular weight is 247 g/mol. The fourth-order valence-corrected chi connectivity index (χ4v) is 1.90. The number of hydrogen-bond donors (Lipinski definition) is 2. The fraction of sp³-hybridized carbons (Fsp3) is 0.538. The summed E-state index contributed by atoms with van der Waals surface area (Å²) < 4.78 is 1.88. The molecule has 0 unspecified atom stereocenters. The Morgan fingerprint density at radius 2 is 2.11 bits per heavy atom. The van der Waals surface area contributed by atoms with Gasteiger partial charge >= 0.3 is 0 Å². The lowest BCUT2D eigenvalue weighted by molar-refractivity contribution is 0.783. The number of nitrogens with two attached hydrogens (primary N) is 1. The third-order valence-corrected chi connectivity index (χ3v) is 3.13. The second-order valence-electron chi connectivity index (χ2n) is 4.88. The largest absolute Gasteiger partial charge is 0.368 e. The number of anilines is 1. The van der Waals surface area contributed by atoms with E-state index in [1.807, 2.05) is 17.5 Å². The lowest BCUT2D eigenvalue weighted by Gasteiger charge is -2.12. The minimum atomic E-state index is 0.398. The molecule has 3 N–H and O–H groups in total. The van der Waals surface area contributed by atoms with E-state index >= 15 is 0 Å². The molecule has 0 bridgehead atoms. The Labute approximate surface area is 107 Å². The van der Waals surface area contributed by atoms with Gasteiger partial charge in [0.05, 0.1) is 5.69 Å². The Bertz CT molecular complexity index is 556. The molecule has 0 fully saturated rings. The number of aromatic nitrogens is 3. The van der Waals surface area contributed by atoms with Crippen molar-refractivity contribution in [3.05, 3.63) is 23.0 Å². The molecule has 2 heterocycles. The van der Waals surface area contributed by atoms with Gasteiger partial charge in [-0.1, -0.05) is 13.8 Å². The molecule has 0 aliphatic heterocycles. The van der Waals surface area contributed by atoms with Crippen LogP contribution in [0, 0.1) is 13.8 Å². The molecular weight excluding hydrogens is 226 g/mol. The van der Waals surface area contributed by atoms with Crippen LogP contribution >= 0.6 is 0 Å². The first-order valence-electron chi connectivity index (χ1n) is 6.35. The van der Waals surface area contributed by atoms with Crippen LogP contribution in [-0.2, 0) is 0 Å². The van der Waals surface area contributed by atoms with E-state index in [-0.39, 0.29) is 0 Å². The van der Waals surface area contributed by atoms with Crippen LogP contribution in [0.3, 0.4) is 0 Å². The summed E-state index contributed by atoms with van der Waals surface area (Å²) in [5.74, 6) is 1.39. The Morgan fingerprint density at radius 1 is 1.39 bits per heavy atom. The molecule has 98 valence electrons. The number of fused-ring (bicyclic) bond motifs is 1. The van der Waals surface area contributed by atoms with E-state index in [0.717, 1.165) is 35.0 Å². The van der Waals surface area contributed by atoms with Gasteiger partial charge in [0.15, 0.2) is 5.65 Å². The molecule has 0 radical (unpaired) electrons. The highest BCUT2D eigenvalue weighted by atomic mass is 15.3. The van der Waals surface area contributed by atoms with Crippen LogP contribution in [0.2, 0.25) is 0 Å². The molecule has 2 aromatic heterocycles.